The molecule has 3 nitrogen and oxygen atoms in total. The molecule has 1 amide bonds. The van der Waals surface area contributed by atoms with Crippen molar-refractivity contribution >= 4 is 21.8 Å². The van der Waals surface area contributed by atoms with Crippen molar-refractivity contribution in [3.63, 3.8) is 0 Å². The Morgan fingerprint density at radius 3 is 2.35 bits per heavy atom. The molecular weight excluding hydrogens is 280 g/mol. The number of rotatable bonds is 4. The van der Waals surface area contributed by atoms with Gasteiger partial charge in [-0.3, -0.25) is 4.79 Å². The molecule has 0 heterocycles. The molecule has 2 N–H and O–H groups in total. The summed E-state index contributed by atoms with van der Waals surface area (Å²) in [4.78, 5) is 13.6. The molecule has 0 radical (unpaired) electrons. The Balaban J connectivity index is 2.57. The number of hydrogen-bond acceptors (Lipinski definition) is 2. The van der Waals surface area contributed by atoms with Gasteiger partial charge >= 0.3 is 0 Å². The first kappa shape index (κ1) is 14.2. The second-order valence-corrected chi connectivity index (χ2v) is 5.96. The molecule has 0 aliphatic heterocycles. The maximum atomic E-state index is 11.9. The van der Waals surface area contributed by atoms with Gasteiger partial charge in [-0.2, -0.15) is 0 Å². The molecule has 1 aromatic carbocycles. The van der Waals surface area contributed by atoms with E-state index in [1.54, 1.807) is 11.9 Å². The van der Waals surface area contributed by atoms with Gasteiger partial charge in [-0.05, 0) is 31.5 Å². The van der Waals surface area contributed by atoms with Gasteiger partial charge in [0.25, 0.3) is 0 Å². The van der Waals surface area contributed by atoms with Gasteiger partial charge in [0.1, 0.15) is 0 Å². The van der Waals surface area contributed by atoms with Crippen LogP contribution in [0, 0.1) is 0 Å². The summed E-state index contributed by atoms with van der Waals surface area (Å²) in [5.41, 5.74) is 6.49. The van der Waals surface area contributed by atoms with E-state index in [0.29, 0.717) is 13.0 Å². The summed E-state index contributed by atoms with van der Waals surface area (Å²) >= 11 is 3.38. The van der Waals surface area contributed by atoms with Gasteiger partial charge in [-0.25, -0.2) is 0 Å². The molecule has 17 heavy (non-hydrogen) atoms. The molecular formula is C13H19BrN2O. The third-order valence-corrected chi connectivity index (χ3v) is 2.89. The lowest BCUT2D eigenvalue weighted by Gasteiger charge is -2.23. The van der Waals surface area contributed by atoms with Crippen molar-refractivity contribution in [2.45, 2.75) is 32.4 Å². The van der Waals surface area contributed by atoms with E-state index in [1.807, 2.05) is 38.1 Å². The molecule has 0 aliphatic rings. The van der Waals surface area contributed by atoms with E-state index in [4.69, 9.17) is 5.73 Å². The van der Waals surface area contributed by atoms with E-state index in [9.17, 15) is 4.79 Å². The molecule has 4 heteroatoms. The number of benzene rings is 1. The van der Waals surface area contributed by atoms with Crippen molar-refractivity contribution in [3.05, 3.63) is 34.3 Å². The highest BCUT2D eigenvalue weighted by Gasteiger charge is 2.19. The summed E-state index contributed by atoms with van der Waals surface area (Å²) in [5.74, 6) is 0.0698. The van der Waals surface area contributed by atoms with Crippen LogP contribution < -0.4 is 5.73 Å². The van der Waals surface area contributed by atoms with Gasteiger partial charge in [0.2, 0.25) is 5.91 Å². The van der Waals surface area contributed by atoms with Crippen molar-refractivity contribution in [1.82, 2.24) is 4.90 Å². The Morgan fingerprint density at radius 2 is 1.88 bits per heavy atom. The van der Waals surface area contributed by atoms with Crippen molar-refractivity contribution in [2.75, 3.05) is 7.05 Å². The van der Waals surface area contributed by atoms with Gasteiger partial charge < -0.3 is 10.6 Å². The fourth-order valence-electron chi connectivity index (χ4n) is 1.48. The summed E-state index contributed by atoms with van der Waals surface area (Å²) in [7, 11) is 1.80. The highest BCUT2D eigenvalue weighted by molar-refractivity contribution is 9.10. The fourth-order valence-corrected chi connectivity index (χ4v) is 1.74. The molecule has 0 fully saturated rings. The normalized spacial score (nSPS) is 11.4. The smallest absolute Gasteiger partial charge is 0.224 e. The largest absolute Gasteiger partial charge is 0.341 e. The second-order valence-electron chi connectivity index (χ2n) is 5.04. The lowest BCUT2D eigenvalue weighted by molar-refractivity contribution is -0.131. The van der Waals surface area contributed by atoms with E-state index in [0.717, 1.165) is 10.0 Å². The zero-order chi connectivity index (χ0) is 13.1. The minimum Gasteiger partial charge on any atom is -0.341 e. The summed E-state index contributed by atoms with van der Waals surface area (Å²) in [5, 5.41) is 0. The van der Waals surface area contributed by atoms with Crippen LogP contribution in [0.4, 0.5) is 0 Å². The van der Waals surface area contributed by atoms with Gasteiger partial charge in [-0.1, -0.05) is 28.1 Å². The zero-order valence-corrected chi connectivity index (χ0v) is 12.1. The molecule has 0 aromatic heterocycles. The Morgan fingerprint density at radius 1 is 1.35 bits per heavy atom. The summed E-state index contributed by atoms with van der Waals surface area (Å²) in [6, 6.07) is 7.95. The molecule has 1 aromatic rings. The topological polar surface area (TPSA) is 46.3 Å². The molecule has 1 rings (SSSR count). The van der Waals surface area contributed by atoms with Crippen LogP contribution >= 0.6 is 15.9 Å². The summed E-state index contributed by atoms with van der Waals surface area (Å²) in [6.07, 6.45) is 0.361. The third kappa shape index (κ3) is 5.33. The zero-order valence-electron chi connectivity index (χ0n) is 10.5. The predicted molar refractivity (Wildman–Crippen MR) is 73.5 cm³/mol. The van der Waals surface area contributed by atoms with Gasteiger partial charge in [0, 0.05) is 30.0 Å². The van der Waals surface area contributed by atoms with Crippen molar-refractivity contribution < 1.29 is 4.79 Å². The predicted octanol–water partition coefficient (Wildman–Crippen LogP) is 2.53. The number of hydrogen-bond donors (Lipinski definition) is 1. The maximum Gasteiger partial charge on any atom is 0.224 e. The average molecular weight is 299 g/mol. The molecule has 0 bridgehead atoms. The van der Waals surface area contributed by atoms with E-state index < -0.39 is 5.54 Å². The SMILES string of the molecule is CN(Cc1ccc(Br)cc1)C(=O)CC(C)(C)N. The van der Waals surface area contributed by atoms with Crippen molar-refractivity contribution in [1.29, 1.82) is 0 Å². The molecule has 0 unspecified atom stereocenters. The van der Waals surface area contributed by atoms with E-state index in [2.05, 4.69) is 15.9 Å². The minimum absolute atomic E-state index is 0.0698. The molecule has 0 saturated carbocycles. The van der Waals surface area contributed by atoms with Crippen LogP contribution in [0.2, 0.25) is 0 Å². The fraction of sp³-hybridized carbons (Fsp3) is 0.462. The van der Waals surface area contributed by atoms with Crippen molar-refractivity contribution in [2.24, 2.45) is 5.73 Å². The van der Waals surface area contributed by atoms with Crippen LogP contribution in [-0.4, -0.2) is 23.4 Å². The van der Waals surface area contributed by atoms with E-state index >= 15 is 0 Å². The van der Waals surface area contributed by atoms with Gasteiger partial charge in [-0.15, -0.1) is 0 Å². The molecule has 0 atom stereocenters. The molecule has 94 valence electrons. The number of nitrogens with zero attached hydrogens (tertiary/aromatic N) is 1. The lowest BCUT2D eigenvalue weighted by atomic mass is 10.0. The Bertz CT molecular complexity index is 381. The lowest BCUT2D eigenvalue weighted by Crippen LogP contribution is -2.39. The van der Waals surface area contributed by atoms with Crippen LogP contribution in [0.15, 0.2) is 28.7 Å². The van der Waals surface area contributed by atoms with Crippen LogP contribution in [-0.2, 0) is 11.3 Å². The van der Waals surface area contributed by atoms with Crippen LogP contribution in [0.5, 0.6) is 0 Å². The first-order valence-electron chi connectivity index (χ1n) is 5.55. The first-order chi connectivity index (χ1) is 7.78. The summed E-state index contributed by atoms with van der Waals surface area (Å²) < 4.78 is 1.04. The van der Waals surface area contributed by atoms with Crippen LogP contribution in [0.25, 0.3) is 0 Å². The quantitative estimate of drug-likeness (QED) is 0.928. The van der Waals surface area contributed by atoms with E-state index in [1.165, 1.54) is 0 Å². The molecule has 0 saturated heterocycles. The van der Waals surface area contributed by atoms with E-state index in [-0.39, 0.29) is 5.91 Å². The Kier molecular flexibility index (Phi) is 4.71. The monoisotopic (exact) mass is 298 g/mol. The maximum absolute atomic E-state index is 11.9. The highest BCUT2D eigenvalue weighted by atomic mass is 79.9. The van der Waals surface area contributed by atoms with Crippen LogP contribution in [0.1, 0.15) is 25.8 Å². The van der Waals surface area contributed by atoms with Gasteiger partial charge in [0.05, 0.1) is 0 Å². The van der Waals surface area contributed by atoms with Crippen molar-refractivity contribution in [3.8, 4) is 0 Å². The number of nitrogens with two attached hydrogens (primary N) is 1. The number of halogens is 1. The minimum atomic E-state index is -0.453. The second kappa shape index (κ2) is 5.65. The number of carbonyl (C=O) groups excluding carboxylic acids is 1. The Labute approximate surface area is 111 Å². The number of amides is 1. The summed E-state index contributed by atoms with van der Waals surface area (Å²) in [6.45, 7) is 4.33. The third-order valence-electron chi connectivity index (χ3n) is 2.37. The molecule has 0 aliphatic carbocycles. The molecule has 0 spiro atoms. The number of carbonyl (C=O) groups is 1. The average Bonchev–Trinajstić information content (AvgIpc) is 2.19. The Hall–Kier alpha value is -0.870. The van der Waals surface area contributed by atoms with Gasteiger partial charge in [0.15, 0.2) is 0 Å². The standard InChI is InChI=1S/C13H19BrN2O/c1-13(2,15)8-12(17)16(3)9-10-4-6-11(14)7-5-10/h4-7H,8-9,15H2,1-3H3. The highest BCUT2D eigenvalue weighted by Crippen LogP contribution is 2.13. The first-order valence-corrected chi connectivity index (χ1v) is 6.34. The van der Waals surface area contributed by atoms with Crippen LogP contribution in [0.3, 0.4) is 0 Å².